The second kappa shape index (κ2) is 9.35. The predicted molar refractivity (Wildman–Crippen MR) is 106 cm³/mol. The summed E-state index contributed by atoms with van der Waals surface area (Å²) in [5.74, 6) is 0.660. The van der Waals surface area contributed by atoms with Crippen LogP contribution in [0, 0.1) is 5.82 Å². The molecule has 0 aliphatic carbocycles. The van der Waals surface area contributed by atoms with Crippen molar-refractivity contribution in [3.63, 3.8) is 0 Å². The molecule has 26 heavy (non-hydrogen) atoms. The first-order chi connectivity index (χ1) is 12.8. The molecule has 0 heterocycles. The molecule has 0 aliphatic heterocycles. The molecule has 0 unspecified atom stereocenters. The highest BCUT2D eigenvalue weighted by molar-refractivity contribution is 5.87. The number of unbranched alkanes of at least 4 members (excludes halogenated alkanes) is 2. The zero-order valence-corrected chi connectivity index (χ0v) is 15.3. The lowest BCUT2D eigenvalue weighted by Gasteiger charge is -2.15. The Kier molecular flexibility index (Phi) is 6.62. The lowest BCUT2D eigenvalue weighted by molar-refractivity contribution is 0.302. The first-order valence-corrected chi connectivity index (χ1v) is 9.36. The van der Waals surface area contributed by atoms with Crippen LogP contribution in [0.1, 0.15) is 37.3 Å². The van der Waals surface area contributed by atoms with Crippen LogP contribution in [0.25, 0.3) is 10.8 Å². The van der Waals surface area contributed by atoms with Crippen LogP contribution in [0.4, 0.5) is 4.39 Å². The van der Waals surface area contributed by atoms with Gasteiger partial charge in [0, 0.05) is 12.1 Å². The van der Waals surface area contributed by atoms with Crippen LogP contribution < -0.4 is 10.1 Å². The Morgan fingerprint density at radius 1 is 0.923 bits per heavy atom. The molecule has 0 spiro atoms. The predicted octanol–water partition coefficient (Wildman–Crippen LogP) is 5.84. The van der Waals surface area contributed by atoms with Gasteiger partial charge in [-0.25, -0.2) is 4.39 Å². The van der Waals surface area contributed by atoms with E-state index in [1.165, 1.54) is 47.7 Å². The van der Waals surface area contributed by atoms with E-state index in [9.17, 15) is 4.39 Å². The molecule has 1 N–H and O–H groups in total. The average Bonchev–Trinajstić information content (AvgIpc) is 2.68. The highest BCUT2D eigenvalue weighted by Crippen LogP contribution is 2.28. The highest BCUT2D eigenvalue weighted by atomic mass is 19.1. The van der Waals surface area contributed by atoms with E-state index in [0.29, 0.717) is 6.61 Å². The Morgan fingerprint density at radius 3 is 2.54 bits per heavy atom. The van der Waals surface area contributed by atoms with Gasteiger partial charge < -0.3 is 10.1 Å². The maximum atomic E-state index is 13.1. The summed E-state index contributed by atoms with van der Waals surface area (Å²) in [6, 6.07) is 19.0. The molecule has 0 atom stereocenters. The molecular weight excluding hydrogens is 325 g/mol. The molecule has 0 saturated heterocycles. The zero-order valence-electron chi connectivity index (χ0n) is 15.3. The smallest absolute Gasteiger partial charge is 0.124 e. The topological polar surface area (TPSA) is 21.3 Å². The van der Waals surface area contributed by atoms with Crippen molar-refractivity contribution in [2.24, 2.45) is 0 Å². The number of benzene rings is 3. The third-order valence-corrected chi connectivity index (χ3v) is 4.56. The second-order valence-corrected chi connectivity index (χ2v) is 6.56. The van der Waals surface area contributed by atoms with Crippen LogP contribution in [-0.4, -0.2) is 6.54 Å². The fraction of sp³-hybridized carbons (Fsp3) is 0.304. The normalized spacial score (nSPS) is 11.0. The summed E-state index contributed by atoms with van der Waals surface area (Å²) >= 11 is 0. The fourth-order valence-corrected chi connectivity index (χ4v) is 3.09. The summed E-state index contributed by atoms with van der Waals surface area (Å²) in [7, 11) is 0. The summed E-state index contributed by atoms with van der Waals surface area (Å²) in [6.45, 7) is 4.44. The summed E-state index contributed by atoms with van der Waals surface area (Å²) in [6.07, 6.45) is 3.66. The molecule has 0 aliphatic rings. The van der Waals surface area contributed by atoms with Crippen molar-refractivity contribution in [2.45, 2.75) is 39.3 Å². The third kappa shape index (κ3) is 4.83. The molecule has 0 bridgehead atoms. The molecule has 0 aromatic heterocycles. The number of ether oxygens (including phenoxy) is 1. The van der Waals surface area contributed by atoms with E-state index in [0.717, 1.165) is 24.4 Å². The SMILES string of the molecule is CCCCCNCc1c(OCc2ccc(F)cc2)ccc2ccccc12. The Labute approximate surface area is 155 Å². The fourth-order valence-electron chi connectivity index (χ4n) is 3.09. The van der Waals surface area contributed by atoms with Gasteiger partial charge in [0.05, 0.1) is 0 Å². The first kappa shape index (κ1) is 18.4. The van der Waals surface area contributed by atoms with Crippen molar-refractivity contribution >= 4 is 10.8 Å². The van der Waals surface area contributed by atoms with Gasteiger partial charge in [-0.15, -0.1) is 0 Å². The van der Waals surface area contributed by atoms with Gasteiger partial charge in [0.15, 0.2) is 0 Å². The Balaban J connectivity index is 1.76. The molecule has 3 aromatic rings. The van der Waals surface area contributed by atoms with Crippen LogP contribution in [0.2, 0.25) is 0 Å². The summed E-state index contributed by atoms with van der Waals surface area (Å²) < 4.78 is 19.2. The third-order valence-electron chi connectivity index (χ3n) is 4.56. The number of fused-ring (bicyclic) bond motifs is 1. The van der Waals surface area contributed by atoms with Crippen molar-refractivity contribution in [3.8, 4) is 5.75 Å². The van der Waals surface area contributed by atoms with Gasteiger partial charge in [-0.05, 0) is 47.5 Å². The quantitative estimate of drug-likeness (QED) is 0.489. The molecular formula is C23H26FNO. The minimum Gasteiger partial charge on any atom is -0.489 e. The number of halogens is 1. The Morgan fingerprint density at radius 2 is 1.73 bits per heavy atom. The van der Waals surface area contributed by atoms with Crippen molar-refractivity contribution in [1.29, 1.82) is 0 Å². The van der Waals surface area contributed by atoms with Crippen LogP contribution in [0.15, 0.2) is 60.7 Å². The zero-order chi connectivity index (χ0) is 18.2. The van der Waals surface area contributed by atoms with Crippen LogP contribution >= 0.6 is 0 Å². The van der Waals surface area contributed by atoms with Crippen molar-refractivity contribution in [2.75, 3.05) is 6.54 Å². The average molecular weight is 351 g/mol. The lowest BCUT2D eigenvalue weighted by atomic mass is 10.0. The van der Waals surface area contributed by atoms with Gasteiger partial charge in [-0.3, -0.25) is 0 Å². The van der Waals surface area contributed by atoms with Crippen molar-refractivity contribution in [1.82, 2.24) is 5.32 Å². The Bertz CT molecular complexity index is 829. The maximum absolute atomic E-state index is 13.1. The monoisotopic (exact) mass is 351 g/mol. The molecule has 3 aromatic carbocycles. The van der Waals surface area contributed by atoms with Gasteiger partial charge in [0.25, 0.3) is 0 Å². The summed E-state index contributed by atoms with van der Waals surface area (Å²) in [4.78, 5) is 0. The number of nitrogens with one attached hydrogen (secondary N) is 1. The number of hydrogen-bond donors (Lipinski definition) is 1. The van der Waals surface area contributed by atoms with Crippen molar-refractivity contribution < 1.29 is 9.13 Å². The van der Waals surface area contributed by atoms with Gasteiger partial charge in [-0.2, -0.15) is 0 Å². The first-order valence-electron chi connectivity index (χ1n) is 9.36. The molecule has 0 radical (unpaired) electrons. The largest absolute Gasteiger partial charge is 0.489 e. The van der Waals surface area contributed by atoms with E-state index in [4.69, 9.17) is 4.74 Å². The number of hydrogen-bond acceptors (Lipinski definition) is 2. The van der Waals surface area contributed by atoms with Crippen LogP contribution in [-0.2, 0) is 13.2 Å². The van der Waals surface area contributed by atoms with Gasteiger partial charge in [0.2, 0.25) is 0 Å². The standard InChI is InChI=1S/C23H26FNO/c1-2-3-6-15-25-16-22-21-8-5-4-7-19(21)11-14-23(22)26-17-18-9-12-20(24)13-10-18/h4-5,7-14,25H,2-3,6,15-17H2,1H3. The van der Waals surface area contributed by atoms with E-state index in [-0.39, 0.29) is 5.82 Å². The summed E-state index contributed by atoms with van der Waals surface area (Å²) in [5.41, 5.74) is 2.14. The molecule has 2 nitrogen and oxygen atoms in total. The molecule has 3 heteroatoms. The van der Waals surface area contributed by atoms with Crippen molar-refractivity contribution in [3.05, 3.63) is 77.6 Å². The van der Waals surface area contributed by atoms with Gasteiger partial charge >= 0.3 is 0 Å². The number of rotatable bonds is 9. The molecule has 0 amide bonds. The maximum Gasteiger partial charge on any atom is 0.124 e. The molecule has 3 rings (SSSR count). The molecule has 136 valence electrons. The van der Waals surface area contributed by atoms with E-state index >= 15 is 0 Å². The van der Waals surface area contributed by atoms with Gasteiger partial charge in [-0.1, -0.05) is 62.2 Å². The van der Waals surface area contributed by atoms with Crippen LogP contribution in [0.3, 0.4) is 0 Å². The minimum absolute atomic E-state index is 0.226. The van der Waals surface area contributed by atoms with Gasteiger partial charge in [0.1, 0.15) is 18.2 Å². The minimum atomic E-state index is -0.226. The van der Waals surface area contributed by atoms with E-state index in [1.807, 2.05) is 6.07 Å². The lowest BCUT2D eigenvalue weighted by Crippen LogP contribution is -2.15. The van der Waals surface area contributed by atoms with E-state index in [1.54, 1.807) is 12.1 Å². The molecule has 0 saturated carbocycles. The van der Waals surface area contributed by atoms with Crippen LogP contribution in [0.5, 0.6) is 5.75 Å². The Hall–Kier alpha value is -2.39. The summed E-state index contributed by atoms with van der Waals surface area (Å²) in [5, 5.41) is 5.97. The molecule has 0 fully saturated rings. The highest BCUT2D eigenvalue weighted by Gasteiger charge is 2.09. The van der Waals surface area contributed by atoms with E-state index < -0.39 is 0 Å². The van der Waals surface area contributed by atoms with E-state index in [2.05, 4.69) is 42.6 Å². The second-order valence-electron chi connectivity index (χ2n) is 6.56.